The Labute approximate surface area is 181 Å². The molecule has 2 fully saturated rings. The minimum atomic E-state index is -4.03. The highest BCUT2D eigenvalue weighted by atomic mass is 32.2. The summed E-state index contributed by atoms with van der Waals surface area (Å²) in [5.74, 6) is 1.33. The van der Waals surface area contributed by atoms with Gasteiger partial charge < -0.3 is 9.42 Å². The molecule has 10 heteroatoms. The predicted octanol–water partition coefficient (Wildman–Crippen LogP) is 2.62. The van der Waals surface area contributed by atoms with Gasteiger partial charge >= 0.3 is 0 Å². The molecule has 0 spiro atoms. The smallest absolute Gasteiger partial charge is 0.286 e. The molecule has 0 unspecified atom stereocenters. The number of hydrogen-bond acceptors (Lipinski definition) is 8. The Morgan fingerprint density at radius 3 is 2.65 bits per heavy atom. The Kier molecular flexibility index (Phi) is 4.84. The molecule has 0 atom stereocenters. The number of likely N-dealkylation sites (tertiary alicyclic amines) is 1. The first kappa shape index (κ1) is 20.2. The van der Waals surface area contributed by atoms with Crippen molar-refractivity contribution in [2.45, 2.75) is 56.9 Å². The van der Waals surface area contributed by atoms with Gasteiger partial charge in [0.1, 0.15) is 6.54 Å². The molecular weight excluding hydrogens is 418 g/mol. The van der Waals surface area contributed by atoms with Crippen molar-refractivity contribution in [3.8, 4) is 0 Å². The molecule has 9 nitrogen and oxygen atoms in total. The zero-order valence-corrected chi connectivity index (χ0v) is 18.4. The van der Waals surface area contributed by atoms with Gasteiger partial charge in [-0.05, 0) is 56.2 Å². The summed E-state index contributed by atoms with van der Waals surface area (Å²) in [6.45, 7) is 5.17. The second-order valence-corrected chi connectivity index (χ2v) is 10.6. The fourth-order valence-electron chi connectivity index (χ4n) is 3.97. The minimum absolute atomic E-state index is 0.0729. The van der Waals surface area contributed by atoms with Crippen molar-refractivity contribution < 1.29 is 17.7 Å². The summed E-state index contributed by atoms with van der Waals surface area (Å²) in [7, 11) is -4.03. The second kappa shape index (κ2) is 7.44. The number of aryl methyl sites for hydroxylation is 1. The van der Waals surface area contributed by atoms with Crippen LogP contribution < -0.4 is 5.01 Å². The van der Waals surface area contributed by atoms with Crippen molar-refractivity contribution in [1.29, 1.82) is 0 Å². The number of sulfone groups is 1. The van der Waals surface area contributed by atoms with Gasteiger partial charge in [-0.1, -0.05) is 18.1 Å². The standard InChI is InChI=1S/C21H25N5O4S/c1-13-7-9-25(10-8-13)21(27)20-23-26(12-18-22-19(24-30-18)15-4-5-15)16-11-14(2)3-6-17(16)31(20,28)29/h3,6,11,13,15H,4-5,7-10,12H2,1-2H3. The van der Waals surface area contributed by atoms with Crippen molar-refractivity contribution >= 4 is 26.5 Å². The van der Waals surface area contributed by atoms with Crippen LogP contribution in [0.4, 0.5) is 5.69 Å². The fraction of sp³-hybridized carbons (Fsp3) is 0.524. The number of hydrazone groups is 1. The molecule has 1 aliphatic carbocycles. The van der Waals surface area contributed by atoms with E-state index in [1.54, 1.807) is 17.0 Å². The average molecular weight is 444 g/mol. The number of piperidine rings is 1. The molecular formula is C21H25N5O4S. The zero-order chi connectivity index (χ0) is 21.8. The summed E-state index contributed by atoms with van der Waals surface area (Å²) in [5, 5.41) is 9.39. The SMILES string of the molecule is Cc1ccc2c(c1)N(Cc1nc(C3CC3)no1)N=C(C(=O)N1CCC(C)CC1)S2(=O)=O. The Hall–Kier alpha value is -2.75. The van der Waals surface area contributed by atoms with E-state index in [2.05, 4.69) is 22.2 Å². The fourth-order valence-corrected chi connectivity index (χ4v) is 5.43. The predicted molar refractivity (Wildman–Crippen MR) is 113 cm³/mol. The Morgan fingerprint density at radius 1 is 1.19 bits per heavy atom. The number of benzene rings is 1. The van der Waals surface area contributed by atoms with Gasteiger partial charge in [0.2, 0.25) is 20.8 Å². The van der Waals surface area contributed by atoms with Crippen molar-refractivity contribution in [2.24, 2.45) is 11.0 Å². The van der Waals surface area contributed by atoms with Crippen LogP contribution in [0.3, 0.4) is 0 Å². The first-order chi connectivity index (χ1) is 14.8. The maximum atomic E-state index is 13.3. The molecule has 1 amide bonds. The minimum Gasteiger partial charge on any atom is -0.337 e. The Balaban J connectivity index is 1.51. The summed E-state index contributed by atoms with van der Waals surface area (Å²) < 4.78 is 32.0. The van der Waals surface area contributed by atoms with Crippen LogP contribution in [0, 0.1) is 12.8 Å². The van der Waals surface area contributed by atoms with E-state index in [0.717, 1.165) is 31.2 Å². The molecule has 3 heterocycles. The number of anilines is 1. The van der Waals surface area contributed by atoms with Crippen molar-refractivity contribution in [1.82, 2.24) is 15.0 Å². The number of fused-ring (bicyclic) bond motifs is 1. The lowest BCUT2D eigenvalue weighted by Crippen LogP contribution is -2.46. The van der Waals surface area contributed by atoms with Gasteiger partial charge in [-0.2, -0.15) is 10.1 Å². The van der Waals surface area contributed by atoms with Crippen molar-refractivity contribution in [3.63, 3.8) is 0 Å². The van der Waals surface area contributed by atoms with Crippen LogP contribution in [0.1, 0.15) is 55.8 Å². The maximum Gasteiger partial charge on any atom is 0.286 e. The highest BCUT2D eigenvalue weighted by Gasteiger charge is 2.40. The highest BCUT2D eigenvalue weighted by Crippen LogP contribution is 2.39. The van der Waals surface area contributed by atoms with Crippen LogP contribution in [0.15, 0.2) is 32.7 Å². The number of nitrogens with zero attached hydrogens (tertiary/aromatic N) is 5. The lowest BCUT2D eigenvalue weighted by atomic mass is 9.99. The van der Waals surface area contributed by atoms with Crippen LogP contribution in [0.5, 0.6) is 0 Å². The lowest BCUT2D eigenvalue weighted by molar-refractivity contribution is -0.125. The van der Waals surface area contributed by atoms with Gasteiger partial charge in [0.15, 0.2) is 5.82 Å². The molecule has 0 N–H and O–H groups in total. The van der Waals surface area contributed by atoms with E-state index in [0.29, 0.717) is 42.3 Å². The Morgan fingerprint density at radius 2 is 1.94 bits per heavy atom. The molecule has 2 aromatic rings. The first-order valence-electron chi connectivity index (χ1n) is 10.7. The summed E-state index contributed by atoms with van der Waals surface area (Å²) in [6, 6.07) is 5.01. The van der Waals surface area contributed by atoms with E-state index in [1.807, 2.05) is 6.92 Å². The van der Waals surface area contributed by atoms with Crippen LogP contribution in [-0.2, 0) is 21.2 Å². The highest BCUT2D eigenvalue weighted by molar-refractivity contribution is 8.08. The molecule has 1 saturated carbocycles. The third kappa shape index (κ3) is 3.73. The number of aromatic nitrogens is 2. The van der Waals surface area contributed by atoms with E-state index >= 15 is 0 Å². The number of rotatable bonds is 4. The summed E-state index contributed by atoms with van der Waals surface area (Å²) in [4.78, 5) is 19.3. The lowest BCUT2D eigenvalue weighted by Gasteiger charge is -2.32. The van der Waals surface area contributed by atoms with Crippen molar-refractivity contribution in [3.05, 3.63) is 35.5 Å². The largest absolute Gasteiger partial charge is 0.337 e. The molecule has 31 heavy (non-hydrogen) atoms. The molecule has 2 aliphatic heterocycles. The molecule has 164 valence electrons. The van der Waals surface area contributed by atoms with E-state index < -0.39 is 20.8 Å². The zero-order valence-electron chi connectivity index (χ0n) is 17.6. The van der Waals surface area contributed by atoms with Gasteiger partial charge in [0.05, 0.1) is 10.6 Å². The van der Waals surface area contributed by atoms with Gasteiger partial charge in [0.25, 0.3) is 5.91 Å². The molecule has 1 aromatic carbocycles. The molecule has 1 saturated heterocycles. The molecule has 1 aromatic heterocycles. The van der Waals surface area contributed by atoms with Crippen LogP contribution in [-0.4, -0.2) is 47.5 Å². The van der Waals surface area contributed by atoms with Gasteiger partial charge in [-0.15, -0.1) is 0 Å². The van der Waals surface area contributed by atoms with Crippen molar-refractivity contribution in [2.75, 3.05) is 18.1 Å². The number of amides is 1. The van der Waals surface area contributed by atoms with Crippen LogP contribution in [0.2, 0.25) is 0 Å². The number of hydrogen-bond donors (Lipinski definition) is 0. The monoisotopic (exact) mass is 443 g/mol. The summed E-state index contributed by atoms with van der Waals surface area (Å²) in [5.41, 5.74) is 1.30. The maximum absolute atomic E-state index is 13.3. The normalized spacial score (nSPS) is 21.0. The second-order valence-electron chi connectivity index (χ2n) is 8.73. The summed E-state index contributed by atoms with van der Waals surface area (Å²) >= 11 is 0. The molecule has 5 rings (SSSR count). The first-order valence-corrected chi connectivity index (χ1v) is 12.1. The van der Waals surface area contributed by atoms with E-state index in [-0.39, 0.29) is 11.4 Å². The van der Waals surface area contributed by atoms with Crippen LogP contribution in [0.25, 0.3) is 0 Å². The van der Waals surface area contributed by atoms with E-state index in [9.17, 15) is 13.2 Å². The summed E-state index contributed by atoms with van der Waals surface area (Å²) in [6.07, 6.45) is 3.80. The van der Waals surface area contributed by atoms with E-state index in [4.69, 9.17) is 4.52 Å². The molecule has 0 bridgehead atoms. The molecule has 3 aliphatic rings. The average Bonchev–Trinajstić information content (AvgIpc) is 3.49. The van der Waals surface area contributed by atoms with Gasteiger partial charge in [-0.3, -0.25) is 9.80 Å². The van der Waals surface area contributed by atoms with Gasteiger partial charge in [0, 0.05) is 19.0 Å². The third-order valence-electron chi connectivity index (χ3n) is 6.11. The number of carbonyl (C=O) groups excluding carboxylic acids is 1. The topological polar surface area (TPSA) is 109 Å². The molecule has 0 radical (unpaired) electrons. The quantitative estimate of drug-likeness (QED) is 0.714. The third-order valence-corrected chi connectivity index (χ3v) is 7.80. The number of carbonyl (C=O) groups is 1. The van der Waals surface area contributed by atoms with Gasteiger partial charge in [-0.25, -0.2) is 8.42 Å². The van der Waals surface area contributed by atoms with Crippen LogP contribution >= 0.6 is 0 Å². The van der Waals surface area contributed by atoms with E-state index in [1.165, 1.54) is 11.1 Å². The Bertz CT molecular complexity index is 1160.